The molecule has 0 aromatic heterocycles. The first-order valence-corrected chi connectivity index (χ1v) is 4.77. The predicted octanol–water partition coefficient (Wildman–Crippen LogP) is 2.06. The Hall–Kier alpha value is -1.70. The van der Waals surface area contributed by atoms with Crippen molar-refractivity contribution >= 4 is 0 Å². The molecule has 2 heteroatoms. The van der Waals surface area contributed by atoms with Crippen LogP contribution < -0.4 is 5.73 Å². The molecule has 2 aliphatic heterocycles. The number of nitrogens with zero attached hydrogens (tertiary/aromatic N) is 1. The molecule has 0 bridgehead atoms. The Kier molecular flexibility index (Phi) is 2.54. The minimum Gasteiger partial charge on any atom is -0.405 e. The van der Waals surface area contributed by atoms with Crippen LogP contribution in [0.1, 0.15) is 6.42 Å². The van der Waals surface area contributed by atoms with Crippen LogP contribution >= 0.6 is 0 Å². The zero-order valence-corrected chi connectivity index (χ0v) is 8.06. The molecule has 0 amide bonds. The average Bonchev–Trinajstić information content (AvgIpc) is 2.46. The second kappa shape index (κ2) is 4.01. The van der Waals surface area contributed by atoms with Crippen LogP contribution in [-0.2, 0) is 0 Å². The summed E-state index contributed by atoms with van der Waals surface area (Å²) in [5.74, 6) is 0. The van der Waals surface area contributed by atoms with Gasteiger partial charge in [0, 0.05) is 24.9 Å². The Bertz CT molecular complexity index is 357. The molecule has 0 saturated carbocycles. The van der Waals surface area contributed by atoms with Gasteiger partial charge in [0.05, 0.1) is 0 Å². The monoisotopic (exact) mass is 186 g/mol. The summed E-state index contributed by atoms with van der Waals surface area (Å²) in [5.41, 5.74) is 8.05. The minimum atomic E-state index is 0.981. The first-order chi connectivity index (χ1) is 6.90. The molecule has 2 aliphatic rings. The molecule has 2 heterocycles. The maximum atomic E-state index is 5.30. The van der Waals surface area contributed by atoms with Crippen molar-refractivity contribution in [2.45, 2.75) is 6.42 Å². The van der Waals surface area contributed by atoms with Gasteiger partial charge in [0.1, 0.15) is 0 Å². The standard InChI is InChI=1S/C12H14N2/c13-7-4-5-11-9-12-6-2-1-3-8-14(12)10-11/h1-8H,9-10,13H2/b7-4-,11-5+. The van der Waals surface area contributed by atoms with Gasteiger partial charge in [0.25, 0.3) is 0 Å². The molecule has 0 radical (unpaired) electrons. The topological polar surface area (TPSA) is 29.3 Å². The fourth-order valence-corrected chi connectivity index (χ4v) is 1.70. The Morgan fingerprint density at radius 2 is 2.21 bits per heavy atom. The molecule has 14 heavy (non-hydrogen) atoms. The van der Waals surface area contributed by atoms with Gasteiger partial charge < -0.3 is 10.6 Å². The van der Waals surface area contributed by atoms with Gasteiger partial charge in [0.2, 0.25) is 0 Å². The van der Waals surface area contributed by atoms with Gasteiger partial charge in [-0.2, -0.15) is 0 Å². The van der Waals surface area contributed by atoms with E-state index in [1.165, 1.54) is 11.3 Å². The van der Waals surface area contributed by atoms with Crippen LogP contribution in [0.5, 0.6) is 0 Å². The van der Waals surface area contributed by atoms with Crippen molar-refractivity contribution in [3.05, 3.63) is 60.1 Å². The van der Waals surface area contributed by atoms with Crippen LogP contribution in [0.15, 0.2) is 60.1 Å². The van der Waals surface area contributed by atoms with Gasteiger partial charge in [-0.05, 0) is 30.0 Å². The number of hydrogen-bond donors (Lipinski definition) is 1. The van der Waals surface area contributed by atoms with Gasteiger partial charge in [-0.25, -0.2) is 0 Å². The molecule has 0 aliphatic carbocycles. The lowest BCUT2D eigenvalue weighted by Gasteiger charge is -2.11. The molecule has 2 rings (SSSR count). The van der Waals surface area contributed by atoms with Crippen molar-refractivity contribution < 1.29 is 0 Å². The normalized spacial score (nSPS) is 23.0. The van der Waals surface area contributed by atoms with Crippen molar-refractivity contribution in [3.8, 4) is 0 Å². The Balaban J connectivity index is 2.17. The van der Waals surface area contributed by atoms with E-state index in [2.05, 4.69) is 41.5 Å². The summed E-state index contributed by atoms with van der Waals surface area (Å²) in [6.45, 7) is 0.981. The number of fused-ring (bicyclic) bond motifs is 1. The fraction of sp³-hybridized carbons (Fsp3) is 0.167. The average molecular weight is 186 g/mol. The van der Waals surface area contributed by atoms with E-state index in [0.29, 0.717) is 0 Å². The summed E-state index contributed by atoms with van der Waals surface area (Å²) in [4.78, 5) is 2.26. The molecule has 2 nitrogen and oxygen atoms in total. The largest absolute Gasteiger partial charge is 0.405 e. The van der Waals surface area contributed by atoms with Crippen LogP contribution in [0.4, 0.5) is 0 Å². The zero-order chi connectivity index (χ0) is 9.80. The van der Waals surface area contributed by atoms with Crippen molar-refractivity contribution in [1.29, 1.82) is 0 Å². The van der Waals surface area contributed by atoms with Crippen LogP contribution in [0.25, 0.3) is 0 Å². The summed E-state index contributed by atoms with van der Waals surface area (Å²) in [5, 5.41) is 0. The van der Waals surface area contributed by atoms with E-state index in [9.17, 15) is 0 Å². The summed E-state index contributed by atoms with van der Waals surface area (Å²) >= 11 is 0. The smallest absolute Gasteiger partial charge is 0.0439 e. The Morgan fingerprint density at radius 3 is 3.07 bits per heavy atom. The van der Waals surface area contributed by atoms with Gasteiger partial charge in [-0.1, -0.05) is 18.2 Å². The summed E-state index contributed by atoms with van der Waals surface area (Å²) in [7, 11) is 0. The van der Waals surface area contributed by atoms with E-state index in [-0.39, 0.29) is 0 Å². The van der Waals surface area contributed by atoms with Gasteiger partial charge >= 0.3 is 0 Å². The van der Waals surface area contributed by atoms with Crippen molar-refractivity contribution in [1.82, 2.24) is 4.90 Å². The van der Waals surface area contributed by atoms with Gasteiger partial charge in [-0.3, -0.25) is 0 Å². The molecule has 0 aromatic rings. The highest BCUT2D eigenvalue weighted by atomic mass is 15.1. The highest BCUT2D eigenvalue weighted by Crippen LogP contribution is 2.27. The number of nitrogens with two attached hydrogens (primary N) is 1. The lowest BCUT2D eigenvalue weighted by molar-refractivity contribution is 0.553. The maximum absolute atomic E-state index is 5.30. The second-order valence-corrected chi connectivity index (χ2v) is 3.40. The van der Waals surface area contributed by atoms with Crippen molar-refractivity contribution in [3.63, 3.8) is 0 Å². The highest BCUT2D eigenvalue weighted by molar-refractivity contribution is 5.33. The minimum absolute atomic E-state index is 0.981. The van der Waals surface area contributed by atoms with E-state index in [1.54, 1.807) is 6.20 Å². The van der Waals surface area contributed by atoms with E-state index in [0.717, 1.165) is 13.0 Å². The van der Waals surface area contributed by atoms with Crippen molar-refractivity contribution in [2.24, 2.45) is 5.73 Å². The summed E-state index contributed by atoms with van der Waals surface area (Å²) in [6.07, 6.45) is 17.0. The molecule has 0 aromatic carbocycles. The first-order valence-electron chi connectivity index (χ1n) is 4.77. The van der Waals surface area contributed by atoms with Crippen molar-refractivity contribution in [2.75, 3.05) is 6.54 Å². The summed E-state index contributed by atoms with van der Waals surface area (Å²) < 4.78 is 0. The van der Waals surface area contributed by atoms with Gasteiger partial charge in [0.15, 0.2) is 0 Å². The SMILES string of the molecule is N/C=C\C=C1/CC2=CC=CC=CN2C1. The maximum Gasteiger partial charge on any atom is 0.0439 e. The summed E-state index contributed by atoms with van der Waals surface area (Å²) in [6, 6.07) is 0. The third kappa shape index (κ3) is 1.79. The Morgan fingerprint density at radius 1 is 1.29 bits per heavy atom. The quantitative estimate of drug-likeness (QED) is 0.679. The van der Waals surface area contributed by atoms with E-state index >= 15 is 0 Å². The second-order valence-electron chi connectivity index (χ2n) is 3.40. The molecule has 0 unspecified atom stereocenters. The van der Waals surface area contributed by atoms with E-state index < -0.39 is 0 Å². The molecule has 0 spiro atoms. The van der Waals surface area contributed by atoms with Crippen LogP contribution in [0.3, 0.4) is 0 Å². The van der Waals surface area contributed by atoms with Crippen LogP contribution in [0, 0.1) is 0 Å². The molecule has 0 atom stereocenters. The highest BCUT2D eigenvalue weighted by Gasteiger charge is 2.18. The molecule has 1 fully saturated rings. The molecule has 1 saturated heterocycles. The van der Waals surface area contributed by atoms with Crippen LogP contribution in [0.2, 0.25) is 0 Å². The van der Waals surface area contributed by atoms with Crippen LogP contribution in [-0.4, -0.2) is 11.4 Å². The predicted molar refractivity (Wildman–Crippen MR) is 59.1 cm³/mol. The Labute approximate surface area is 84.4 Å². The van der Waals surface area contributed by atoms with E-state index in [4.69, 9.17) is 5.73 Å². The third-order valence-electron chi connectivity index (χ3n) is 2.37. The fourth-order valence-electron chi connectivity index (χ4n) is 1.70. The number of hydrogen-bond acceptors (Lipinski definition) is 2. The number of rotatable bonds is 1. The number of allylic oxidation sites excluding steroid dienone is 7. The van der Waals surface area contributed by atoms with E-state index in [1.807, 2.05) is 6.08 Å². The zero-order valence-electron chi connectivity index (χ0n) is 8.06. The lowest BCUT2D eigenvalue weighted by Crippen LogP contribution is -2.08. The molecular formula is C12H14N2. The van der Waals surface area contributed by atoms with Gasteiger partial charge in [-0.15, -0.1) is 0 Å². The lowest BCUT2D eigenvalue weighted by atomic mass is 10.2. The molecule has 2 N–H and O–H groups in total. The first kappa shape index (κ1) is 8.88. The molecule has 72 valence electrons. The third-order valence-corrected chi connectivity index (χ3v) is 2.37. The molecular weight excluding hydrogens is 172 g/mol.